The van der Waals surface area contributed by atoms with Crippen LogP contribution in [-0.2, 0) is 41.6 Å². The number of nitrogens with two attached hydrogens (primary N) is 4. The van der Waals surface area contributed by atoms with Gasteiger partial charge in [0.15, 0.2) is 0 Å². The van der Waals surface area contributed by atoms with Gasteiger partial charge in [0.05, 0.1) is 11.8 Å². The van der Waals surface area contributed by atoms with Gasteiger partial charge in [-0.2, -0.15) is 0 Å². The van der Waals surface area contributed by atoms with Crippen LogP contribution in [0.1, 0.15) is 166 Å². The average Bonchev–Trinajstić information content (AvgIpc) is 3.33. The van der Waals surface area contributed by atoms with Crippen molar-refractivity contribution in [1.29, 1.82) is 0 Å². The van der Waals surface area contributed by atoms with Crippen molar-refractivity contribution in [2.75, 3.05) is 32.7 Å². The van der Waals surface area contributed by atoms with Crippen LogP contribution in [0.4, 0.5) is 0 Å². The number of hydrogen-bond acceptors (Lipinski definition) is 9. The van der Waals surface area contributed by atoms with Gasteiger partial charge in [0.2, 0.25) is 23.6 Å². The lowest BCUT2D eigenvalue weighted by molar-refractivity contribution is -0.134. The summed E-state index contributed by atoms with van der Waals surface area (Å²) in [5.74, 6) is -4.84. The zero-order valence-electron chi connectivity index (χ0n) is 41.1. The van der Waals surface area contributed by atoms with Crippen molar-refractivity contribution in [1.82, 2.24) is 16.0 Å². The maximum Gasteiger partial charge on any atom is 0.242 e. The van der Waals surface area contributed by atoms with Crippen molar-refractivity contribution in [2.45, 2.75) is 173 Å². The lowest BCUT2D eigenvalue weighted by atomic mass is 9.79. The molecule has 0 aliphatic carbocycles. The Morgan fingerprint density at radius 3 is 1.36 bits per heavy atom. The topological polar surface area (TPSA) is 243 Å². The van der Waals surface area contributed by atoms with Crippen molar-refractivity contribution in [3.63, 3.8) is 0 Å². The molecule has 5 atom stereocenters. The first kappa shape index (κ1) is 58.7. The van der Waals surface area contributed by atoms with Crippen LogP contribution < -0.4 is 38.9 Å². The number of benzene rings is 2. The predicted molar refractivity (Wildman–Crippen MR) is 270 cm³/mol. The van der Waals surface area contributed by atoms with Gasteiger partial charge in [0.25, 0.3) is 0 Å². The van der Waals surface area contributed by atoms with Crippen LogP contribution >= 0.6 is 0 Å². The Labute approximate surface area is 403 Å². The second-order valence-electron chi connectivity index (χ2n) is 18.5. The molecule has 0 heterocycles. The molecule has 4 amide bonds. The fourth-order valence-corrected chi connectivity index (χ4v) is 8.98. The molecular weight excluding hydrogens is 843 g/mol. The Balaban J connectivity index is 2.13. The Bertz CT molecular complexity index is 1660. The number of amides is 4. The highest BCUT2D eigenvalue weighted by atomic mass is 16.2. The van der Waals surface area contributed by atoms with Crippen molar-refractivity contribution < 1.29 is 28.8 Å². The van der Waals surface area contributed by atoms with Crippen LogP contribution in [0, 0.1) is 23.7 Å². The molecule has 2 rings (SSSR count). The summed E-state index contributed by atoms with van der Waals surface area (Å²) in [6.07, 6.45) is 20.1. The van der Waals surface area contributed by atoms with Gasteiger partial charge in [0.1, 0.15) is 17.6 Å². The second kappa shape index (κ2) is 37.5. The summed E-state index contributed by atoms with van der Waals surface area (Å²) < 4.78 is 0. The molecule has 0 spiro atoms. The van der Waals surface area contributed by atoms with E-state index in [0.29, 0.717) is 58.2 Å². The molecule has 13 nitrogen and oxygen atoms in total. The average molecular weight is 932 g/mol. The molecule has 2 aromatic rings. The largest absolute Gasteiger partial charge is 0.369 e. The molecule has 0 fully saturated rings. The number of nitrogens with one attached hydrogen (secondary N) is 3. The predicted octanol–water partition coefficient (Wildman–Crippen LogP) is 7.15. The van der Waals surface area contributed by atoms with E-state index in [1.165, 1.54) is 64.2 Å². The summed E-state index contributed by atoms with van der Waals surface area (Å²) in [6.45, 7) is 3.53. The van der Waals surface area contributed by atoms with Crippen LogP contribution in [0.25, 0.3) is 0 Å². The van der Waals surface area contributed by atoms with Gasteiger partial charge in [0, 0.05) is 44.2 Å². The van der Waals surface area contributed by atoms with Crippen molar-refractivity contribution in [3.05, 3.63) is 71.8 Å². The SMILES string of the molecule is CCCCCCCCCCCCCCCC(=O)N[C@@H](CCCCN)C(=O)NCCC(C(=O)CCCN)[C@@H](Cc1ccccc1)C(=O)NCCC(C(=O)CCCN)[C@@H](Cc1ccccc1)C(N)=O. The minimum absolute atomic E-state index is 0.0751. The van der Waals surface area contributed by atoms with Gasteiger partial charge in [-0.1, -0.05) is 145 Å². The highest BCUT2D eigenvalue weighted by Gasteiger charge is 2.35. The lowest BCUT2D eigenvalue weighted by Crippen LogP contribution is -2.48. The molecule has 13 heteroatoms. The quantitative estimate of drug-likeness (QED) is 0.0334. The number of primary amides is 1. The fourth-order valence-electron chi connectivity index (χ4n) is 8.98. The van der Waals surface area contributed by atoms with Crippen LogP contribution in [0.15, 0.2) is 60.7 Å². The monoisotopic (exact) mass is 932 g/mol. The first-order valence-corrected chi connectivity index (χ1v) is 25.9. The number of ketones is 2. The van der Waals surface area contributed by atoms with Crippen LogP contribution in [0.2, 0.25) is 0 Å². The minimum atomic E-state index is -0.812. The van der Waals surface area contributed by atoms with Crippen molar-refractivity contribution >= 4 is 35.2 Å². The van der Waals surface area contributed by atoms with Gasteiger partial charge in [-0.25, -0.2) is 0 Å². The fraction of sp³-hybridized carbons (Fsp3) is 0.667. The van der Waals surface area contributed by atoms with Crippen LogP contribution in [0.5, 0.6) is 0 Å². The number of rotatable bonds is 42. The molecule has 67 heavy (non-hydrogen) atoms. The van der Waals surface area contributed by atoms with Gasteiger partial charge >= 0.3 is 0 Å². The third-order valence-corrected chi connectivity index (χ3v) is 13.0. The van der Waals surface area contributed by atoms with E-state index in [1.807, 2.05) is 60.7 Å². The number of Topliss-reactive ketones (excluding diaryl/α,β-unsaturated/α-hetero) is 2. The van der Waals surface area contributed by atoms with Gasteiger partial charge < -0.3 is 38.9 Å². The Morgan fingerprint density at radius 2 is 0.896 bits per heavy atom. The molecule has 2 unspecified atom stereocenters. The molecular formula is C54H89N7O6. The molecule has 0 saturated carbocycles. The van der Waals surface area contributed by atoms with Gasteiger partial charge in [-0.05, 0) is 95.0 Å². The number of unbranched alkanes of at least 4 members (excludes halogenated alkanes) is 13. The molecule has 0 radical (unpaired) electrons. The summed E-state index contributed by atoms with van der Waals surface area (Å²) in [5, 5.41) is 8.96. The summed E-state index contributed by atoms with van der Waals surface area (Å²) in [4.78, 5) is 81.7. The number of carbonyl (C=O) groups is 6. The molecule has 376 valence electrons. The molecule has 2 aromatic carbocycles. The number of carbonyl (C=O) groups excluding carboxylic acids is 6. The summed E-state index contributed by atoms with van der Waals surface area (Å²) in [5.41, 5.74) is 25.0. The van der Waals surface area contributed by atoms with Crippen LogP contribution in [0.3, 0.4) is 0 Å². The highest BCUT2D eigenvalue weighted by Crippen LogP contribution is 2.27. The summed E-state index contributed by atoms with van der Waals surface area (Å²) >= 11 is 0. The number of hydrogen-bond donors (Lipinski definition) is 7. The zero-order chi connectivity index (χ0) is 48.9. The molecule has 0 aliphatic rings. The van der Waals surface area contributed by atoms with E-state index >= 15 is 0 Å². The van der Waals surface area contributed by atoms with E-state index < -0.39 is 35.6 Å². The van der Waals surface area contributed by atoms with E-state index in [2.05, 4.69) is 22.9 Å². The van der Waals surface area contributed by atoms with E-state index in [1.54, 1.807) is 0 Å². The second-order valence-corrected chi connectivity index (χ2v) is 18.5. The van der Waals surface area contributed by atoms with Crippen molar-refractivity contribution in [3.8, 4) is 0 Å². The molecule has 0 aliphatic heterocycles. The lowest BCUT2D eigenvalue weighted by Gasteiger charge is -2.28. The Hall–Kier alpha value is -4.46. The molecule has 11 N–H and O–H groups in total. The maximum absolute atomic E-state index is 14.4. The van der Waals surface area contributed by atoms with Crippen LogP contribution in [-0.4, -0.2) is 74.0 Å². The third kappa shape index (κ3) is 26.0. The first-order valence-electron chi connectivity index (χ1n) is 25.9. The highest BCUT2D eigenvalue weighted by molar-refractivity contribution is 5.90. The standard InChI is InChI=1S/C54H89N7O6/c1-2-3-4-5-6-7-8-9-10-11-12-13-20-32-51(64)61-48(29-21-22-35-55)54(67)60-39-34-45(50(63)31-24-37-57)47(41-43-27-18-15-19-28-43)53(66)59-38-33-44(49(62)30-23-36-56)46(52(58)65)40-42-25-16-14-17-26-42/h14-19,25-28,44-48H,2-13,20-24,29-41,55-57H2,1H3,(H2,58,65)(H,59,66)(H,60,67)(H,61,64)/t44?,45?,46-,47-,48+/m1/s1. The normalized spacial score (nSPS) is 13.5. The maximum atomic E-state index is 14.4. The summed E-state index contributed by atoms with van der Waals surface area (Å²) in [7, 11) is 0. The third-order valence-electron chi connectivity index (χ3n) is 13.0. The van der Waals surface area contributed by atoms with E-state index in [9.17, 15) is 28.8 Å². The smallest absolute Gasteiger partial charge is 0.242 e. The first-order chi connectivity index (χ1) is 32.6. The molecule has 0 saturated heterocycles. The van der Waals surface area contributed by atoms with E-state index in [-0.39, 0.29) is 80.9 Å². The van der Waals surface area contributed by atoms with Crippen molar-refractivity contribution in [2.24, 2.45) is 46.6 Å². The minimum Gasteiger partial charge on any atom is -0.369 e. The molecule has 0 bridgehead atoms. The van der Waals surface area contributed by atoms with Gasteiger partial charge in [-0.3, -0.25) is 28.8 Å². The molecule has 0 aromatic heterocycles. The Kier molecular flexibility index (Phi) is 32.8. The van der Waals surface area contributed by atoms with Gasteiger partial charge in [-0.15, -0.1) is 0 Å². The van der Waals surface area contributed by atoms with E-state index in [0.717, 1.165) is 30.4 Å². The summed E-state index contributed by atoms with van der Waals surface area (Å²) in [6, 6.07) is 18.1. The van der Waals surface area contributed by atoms with E-state index in [4.69, 9.17) is 22.9 Å². The Morgan fingerprint density at radius 1 is 0.463 bits per heavy atom. The zero-order valence-corrected chi connectivity index (χ0v) is 41.1.